The number of aromatic nitrogens is 4. The largest absolute Gasteiger partial charge is 0.382 e. The van der Waals surface area contributed by atoms with E-state index in [1.165, 1.54) is 0 Å². The number of aliphatic hydroxyl groups is 2. The maximum Gasteiger partial charge on any atom is 0.145 e. The van der Waals surface area contributed by atoms with Gasteiger partial charge in [-0.15, -0.1) is 0 Å². The van der Waals surface area contributed by atoms with Gasteiger partial charge >= 0.3 is 0 Å². The van der Waals surface area contributed by atoms with Crippen LogP contribution in [0.4, 0.5) is 0 Å². The summed E-state index contributed by atoms with van der Waals surface area (Å²) in [6.07, 6.45) is -2.44. The summed E-state index contributed by atoms with van der Waals surface area (Å²) < 4.78 is 1.81. The van der Waals surface area contributed by atoms with E-state index >= 15 is 0 Å². The fourth-order valence-corrected chi connectivity index (χ4v) is 3.30. The van der Waals surface area contributed by atoms with Gasteiger partial charge in [0, 0.05) is 8.95 Å². The summed E-state index contributed by atoms with van der Waals surface area (Å²) >= 11 is 6.78. The second-order valence-electron chi connectivity index (χ2n) is 5.46. The van der Waals surface area contributed by atoms with Crippen molar-refractivity contribution >= 4 is 53.9 Å². The number of nitrogens with one attached hydrogen (secondary N) is 2. The van der Waals surface area contributed by atoms with Crippen molar-refractivity contribution in [2.75, 3.05) is 0 Å². The number of halogens is 2. The highest BCUT2D eigenvalue weighted by molar-refractivity contribution is 9.10. The smallest absolute Gasteiger partial charge is 0.145 e. The molecule has 0 amide bonds. The Labute approximate surface area is 153 Å². The molecule has 0 bridgehead atoms. The average Bonchev–Trinajstić information content (AvgIpc) is 3.16. The SMILES string of the molecule is OC(c1nc2ccc(Br)cc2[nH]1)C(O)c1nc2ccc(Br)cc2[nH]1. The number of rotatable bonds is 3. The summed E-state index contributed by atoms with van der Waals surface area (Å²) in [4.78, 5) is 14.7. The zero-order chi connectivity index (χ0) is 16.8. The molecule has 2 atom stereocenters. The summed E-state index contributed by atoms with van der Waals surface area (Å²) in [5, 5.41) is 20.9. The van der Waals surface area contributed by atoms with Gasteiger partial charge in [-0.3, -0.25) is 0 Å². The van der Waals surface area contributed by atoms with Gasteiger partial charge in [0.1, 0.15) is 23.9 Å². The molecule has 2 aromatic heterocycles. The van der Waals surface area contributed by atoms with Gasteiger partial charge in [0.25, 0.3) is 0 Å². The fourth-order valence-electron chi connectivity index (χ4n) is 2.58. The standard InChI is InChI=1S/C16H12Br2N4O2/c17-7-1-3-9-11(5-7)21-15(19-9)13(23)14(24)16-20-10-4-2-8(18)6-12(10)22-16/h1-6,13-14,23-24H,(H,19,21)(H,20,22). The first-order valence-electron chi connectivity index (χ1n) is 7.18. The van der Waals surface area contributed by atoms with Crippen LogP contribution in [-0.2, 0) is 0 Å². The third-order valence-electron chi connectivity index (χ3n) is 3.78. The average molecular weight is 452 g/mol. The van der Waals surface area contributed by atoms with Crippen molar-refractivity contribution in [3.05, 3.63) is 57.0 Å². The Kier molecular flexibility index (Phi) is 3.92. The van der Waals surface area contributed by atoms with E-state index in [-0.39, 0.29) is 11.6 Å². The van der Waals surface area contributed by atoms with E-state index < -0.39 is 12.2 Å². The molecule has 2 heterocycles. The minimum atomic E-state index is -1.22. The highest BCUT2D eigenvalue weighted by Gasteiger charge is 2.26. The van der Waals surface area contributed by atoms with Crippen LogP contribution in [0.1, 0.15) is 23.9 Å². The third kappa shape index (κ3) is 2.75. The summed E-state index contributed by atoms with van der Waals surface area (Å²) in [6, 6.07) is 11.1. The van der Waals surface area contributed by atoms with Crippen molar-refractivity contribution in [2.45, 2.75) is 12.2 Å². The molecule has 0 aliphatic carbocycles. The van der Waals surface area contributed by atoms with Gasteiger partial charge < -0.3 is 20.2 Å². The second-order valence-corrected chi connectivity index (χ2v) is 7.29. The molecule has 6 nitrogen and oxygen atoms in total. The zero-order valence-corrected chi connectivity index (χ0v) is 15.3. The van der Waals surface area contributed by atoms with Crippen LogP contribution in [-0.4, -0.2) is 30.1 Å². The van der Waals surface area contributed by atoms with Crippen molar-refractivity contribution in [3.63, 3.8) is 0 Å². The van der Waals surface area contributed by atoms with E-state index in [0.717, 1.165) is 20.0 Å². The van der Waals surface area contributed by atoms with Crippen molar-refractivity contribution in [1.82, 2.24) is 19.9 Å². The van der Waals surface area contributed by atoms with Crippen LogP contribution < -0.4 is 0 Å². The van der Waals surface area contributed by atoms with Crippen molar-refractivity contribution in [3.8, 4) is 0 Å². The van der Waals surface area contributed by atoms with E-state index in [2.05, 4.69) is 51.8 Å². The van der Waals surface area contributed by atoms with Crippen LogP contribution in [0.25, 0.3) is 22.1 Å². The van der Waals surface area contributed by atoms with E-state index in [9.17, 15) is 10.2 Å². The molecule has 4 rings (SSSR count). The molecule has 0 spiro atoms. The molecule has 24 heavy (non-hydrogen) atoms. The minimum absolute atomic E-state index is 0.289. The van der Waals surface area contributed by atoms with Crippen LogP contribution in [0.15, 0.2) is 45.3 Å². The summed E-state index contributed by atoms with van der Waals surface area (Å²) in [5.41, 5.74) is 2.99. The van der Waals surface area contributed by atoms with Crippen molar-refractivity contribution in [1.29, 1.82) is 0 Å². The topological polar surface area (TPSA) is 97.8 Å². The molecule has 0 saturated heterocycles. The lowest BCUT2D eigenvalue weighted by Crippen LogP contribution is -2.13. The maximum absolute atomic E-state index is 10.5. The Morgan fingerprint density at radius 1 is 0.750 bits per heavy atom. The highest BCUT2D eigenvalue weighted by atomic mass is 79.9. The fraction of sp³-hybridized carbons (Fsp3) is 0.125. The van der Waals surface area contributed by atoms with Crippen LogP contribution >= 0.6 is 31.9 Å². The number of aromatic amines is 2. The molecule has 0 fully saturated rings. The third-order valence-corrected chi connectivity index (χ3v) is 4.77. The molecule has 2 unspecified atom stereocenters. The normalized spacial score (nSPS) is 14.3. The lowest BCUT2D eigenvalue weighted by molar-refractivity contribution is 0.00780. The van der Waals surface area contributed by atoms with E-state index in [4.69, 9.17) is 0 Å². The van der Waals surface area contributed by atoms with Crippen molar-refractivity contribution < 1.29 is 10.2 Å². The number of H-pyrrole nitrogens is 2. The van der Waals surface area contributed by atoms with Crippen LogP contribution in [0.2, 0.25) is 0 Å². The van der Waals surface area contributed by atoms with Gasteiger partial charge in [0.2, 0.25) is 0 Å². The second kappa shape index (κ2) is 5.96. The molecule has 4 N–H and O–H groups in total. The number of aliphatic hydroxyl groups excluding tert-OH is 2. The number of benzene rings is 2. The van der Waals surface area contributed by atoms with Gasteiger partial charge in [-0.05, 0) is 36.4 Å². The van der Waals surface area contributed by atoms with Gasteiger partial charge in [-0.2, -0.15) is 0 Å². The highest BCUT2D eigenvalue weighted by Crippen LogP contribution is 2.29. The molecule has 0 radical (unpaired) electrons. The molecule has 0 aliphatic rings. The van der Waals surface area contributed by atoms with Crippen LogP contribution in [0.3, 0.4) is 0 Å². The first-order valence-corrected chi connectivity index (χ1v) is 8.76. The van der Waals surface area contributed by atoms with Crippen LogP contribution in [0, 0.1) is 0 Å². The molecule has 4 aromatic rings. The molecule has 122 valence electrons. The number of fused-ring (bicyclic) bond motifs is 2. The number of nitrogens with zero attached hydrogens (tertiary/aromatic N) is 2. The lowest BCUT2D eigenvalue weighted by Gasteiger charge is -2.13. The summed E-state index contributed by atoms with van der Waals surface area (Å²) in [6.45, 7) is 0. The monoisotopic (exact) mass is 450 g/mol. The number of hydrogen-bond acceptors (Lipinski definition) is 4. The zero-order valence-electron chi connectivity index (χ0n) is 12.2. The molecule has 0 saturated carbocycles. The predicted octanol–water partition coefficient (Wildman–Crippen LogP) is 3.73. The van der Waals surface area contributed by atoms with E-state index in [0.29, 0.717) is 11.0 Å². The quantitative estimate of drug-likeness (QED) is 0.381. The summed E-state index contributed by atoms with van der Waals surface area (Å²) in [7, 11) is 0. The Morgan fingerprint density at radius 3 is 1.58 bits per heavy atom. The minimum Gasteiger partial charge on any atom is -0.382 e. The van der Waals surface area contributed by atoms with Gasteiger partial charge in [-0.1, -0.05) is 31.9 Å². The van der Waals surface area contributed by atoms with Crippen molar-refractivity contribution in [2.24, 2.45) is 0 Å². The number of hydrogen-bond donors (Lipinski definition) is 4. The van der Waals surface area contributed by atoms with E-state index in [1.807, 2.05) is 36.4 Å². The Morgan fingerprint density at radius 2 is 1.17 bits per heavy atom. The molecule has 8 heteroatoms. The van der Waals surface area contributed by atoms with E-state index in [1.54, 1.807) is 0 Å². The Hall–Kier alpha value is -1.74. The Balaban J connectivity index is 1.69. The first-order chi connectivity index (χ1) is 11.5. The number of imidazole rings is 2. The van der Waals surface area contributed by atoms with Gasteiger partial charge in [0.15, 0.2) is 0 Å². The molecular weight excluding hydrogens is 440 g/mol. The van der Waals surface area contributed by atoms with Gasteiger partial charge in [0.05, 0.1) is 22.1 Å². The Bertz CT molecular complexity index is 959. The lowest BCUT2D eigenvalue weighted by atomic mass is 10.2. The first kappa shape index (κ1) is 15.8. The summed E-state index contributed by atoms with van der Waals surface area (Å²) in [5.74, 6) is 0.578. The molecule has 0 aliphatic heterocycles. The van der Waals surface area contributed by atoms with Crippen LogP contribution in [0.5, 0.6) is 0 Å². The molecule has 2 aromatic carbocycles. The van der Waals surface area contributed by atoms with Gasteiger partial charge in [-0.25, -0.2) is 9.97 Å². The maximum atomic E-state index is 10.5. The predicted molar refractivity (Wildman–Crippen MR) is 97.5 cm³/mol. The molecular formula is C16H12Br2N4O2.